The van der Waals surface area contributed by atoms with E-state index in [1.165, 1.54) is 19.0 Å². The highest BCUT2D eigenvalue weighted by atomic mass is 16.4. The average Bonchev–Trinajstić information content (AvgIpc) is 3.07. The van der Waals surface area contributed by atoms with Crippen LogP contribution >= 0.6 is 0 Å². The van der Waals surface area contributed by atoms with E-state index in [0.717, 1.165) is 0 Å². The molecule has 0 atom stereocenters. The Kier molecular flexibility index (Phi) is 3.36. The van der Waals surface area contributed by atoms with Crippen molar-refractivity contribution < 1.29 is 14.8 Å². The van der Waals surface area contributed by atoms with Crippen LogP contribution in [0.25, 0.3) is 0 Å². The molecular formula is C9H16N4O3. The van der Waals surface area contributed by atoms with Crippen LogP contribution < -0.4 is 11.1 Å². The van der Waals surface area contributed by atoms with Crippen molar-refractivity contribution >= 4 is 17.6 Å². The van der Waals surface area contributed by atoms with Crippen molar-refractivity contribution in [3.05, 3.63) is 0 Å². The number of likely N-dealkylation sites (N-methyl/N-ethyl adjacent to an activating group) is 2. The van der Waals surface area contributed by atoms with Crippen LogP contribution in [-0.2, 0) is 9.59 Å². The number of hydrogen-bond donors (Lipinski definition) is 3. The molecule has 7 nitrogen and oxygen atoms in total. The Morgan fingerprint density at radius 2 is 2.12 bits per heavy atom. The minimum atomic E-state index is -0.891. The van der Waals surface area contributed by atoms with Gasteiger partial charge in [-0.05, 0) is 12.8 Å². The summed E-state index contributed by atoms with van der Waals surface area (Å²) in [6.45, 7) is -0.0320. The van der Waals surface area contributed by atoms with Crippen molar-refractivity contribution in [1.29, 1.82) is 0 Å². The number of amidine groups is 1. The zero-order valence-electron chi connectivity index (χ0n) is 9.36. The van der Waals surface area contributed by atoms with Crippen molar-refractivity contribution in [2.24, 2.45) is 16.3 Å². The van der Waals surface area contributed by atoms with E-state index in [4.69, 9.17) is 10.9 Å². The van der Waals surface area contributed by atoms with Gasteiger partial charge in [0.2, 0.25) is 11.8 Å². The third kappa shape index (κ3) is 2.07. The monoisotopic (exact) mass is 228 g/mol. The summed E-state index contributed by atoms with van der Waals surface area (Å²) in [5.41, 5.74) is 4.58. The molecule has 0 radical (unpaired) electrons. The van der Waals surface area contributed by atoms with Gasteiger partial charge in [0, 0.05) is 14.1 Å². The molecule has 1 saturated carbocycles. The quantitative estimate of drug-likeness (QED) is 0.241. The lowest BCUT2D eigenvalue weighted by Crippen LogP contribution is -2.45. The van der Waals surface area contributed by atoms with Gasteiger partial charge in [0.05, 0.1) is 6.54 Å². The van der Waals surface area contributed by atoms with Crippen LogP contribution in [-0.4, -0.2) is 48.4 Å². The predicted octanol–water partition coefficient (Wildman–Crippen LogP) is -1.28. The Bertz CT molecular complexity index is 336. The van der Waals surface area contributed by atoms with Gasteiger partial charge < -0.3 is 21.2 Å². The van der Waals surface area contributed by atoms with E-state index in [1.54, 1.807) is 0 Å². The molecule has 0 spiro atoms. The van der Waals surface area contributed by atoms with E-state index in [1.807, 2.05) is 0 Å². The average molecular weight is 228 g/mol. The van der Waals surface area contributed by atoms with Gasteiger partial charge in [-0.25, -0.2) is 0 Å². The topological polar surface area (TPSA) is 108 Å². The molecule has 7 heteroatoms. The number of rotatable bonds is 4. The molecule has 0 unspecified atom stereocenters. The molecule has 1 rings (SSSR count). The van der Waals surface area contributed by atoms with Gasteiger partial charge >= 0.3 is 0 Å². The molecule has 4 N–H and O–H groups in total. The first-order chi connectivity index (χ1) is 7.47. The number of nitrogens with two attached hydrogens (primary N) is 1. The van der Waals surface area contributed by atoms with Crippen LogP contribution in [0.4, 0.5) is 0 Å². The molecule has 0 aliphatic heterocycles. The lowest BCUT2D eigenvalue weighted by Gasteiger charge is -2.21. The van der Waals surface area contributed by atoms with Gasteiger partial charge in [-0.2, -0.15) is 0 Å². The summed E-state index contributed by atoms with van der Waals surface area (Å²) in [6.07, 6.45) is 1.11. The zero-order valence-corrected chi connectivity index (χ0v) is 9.36. The van der Waals surface area contributed by atoms with Crippen molar-refractivity contribution in [2.75, 3.05) is 20.6 Å². The van der Waals surface area contributed by atoms with E-state index < -0.39 is 5.41 Å². The maximum Gasteiger partial charge on any atom is 0.239 e. The summed E-state index contributed by atoms with van der Waals surface area (Å²) in [5.74, 6) is -0.626. The van der Waals surface area contributed by atoms with E-state index in [9.17, 15) is 9.59 Å². The normalized spacial score (nSPS) is 17.8. The first-order valence-corrected chi connectivity index (χ1v) is 4.92. The second kappa shape index (κ2) is 4.38. The smallest absolute Gasteiger partial charge is 0.239 e. The van der Waals surface area contributed by atoms with Crippen LogP contribution in [0.5, 0.6) is 0 Å². The molecule has 0 aromatic rings. The largest absolute Gasteiger partial charge is 0.409 e. The summed E-state index contributed by atoms with van der Waals surface area (Å²) >= 11 is 0. The molecular weight excluding hydrogens is 212 g/mol. The first-order valence-electron chi connectivity index (χ1n) is 4.92. The van der Waals surface area contributed by atoms with Gasteiger partial charge in [-0.15, -0.1) is 0 Å². The molecule has 16 heavy (non-hydrogen) atoms. The third-order valence-corrected chi connectivity index (χ3v) is 2.76. The SMILES string of the molecule is CNC(=O)CN(C)C(=O)C1(C(N)=NO)CC1. The van der Waals surface area contributed by atoms with Crippen molar-refractivity contribution in [3.63, 3.8) is 0 Å². The minimum Gasteiger partial charge on any atom is -0.409 e. The molecule has 0 saturated heterocycles. The molecule has 2 amide bonds. The summed E-state index contributed by atoms with van der Waals surface area (Å²) in [5, 5.41) is 13.9. The molecule has 0 heterocycles. The summed E-state index contributed by atoms with van der Waals surface area (Å²) < 4.78 is 0. The number of hydrogen-bond acceptors (Lipinski definition) is 4. The lowest BCUT2D eigenvalue weighted by molar-refractivity contribution is -0.137. The molecule has 0 aromatic carbocycles. The third-order valence-electron chi connectivity index (χ3n) is 2.76. The fraction of sp³-hybridized carbons (Fsp3) is 0.667. The zero-order chi connectivity index (χ0) is 12.3. The lowest BCUT2D eigenvalue weighted by atomic mass is 10.0. The van der Waals surface area contributed by atoms with Gasteiger partial charge in [0.1, 0.15) is 5.41 Å². The van der Waals surface area contributed by atoms with Crippen LogP contribution in [0.15, 0.2) is 5.16 Å². The Hall–Kier alpha value is -1.79. The van der Waals surface area contributed by atoms with Gasteiger partial charge in [0.15, 0.2) is 5.84 Å². The number of carbonyl (C=O) groups is 2. The first kappa shape index (κ1) is 12.3. The van der Waals surface area contributed by atoms with Gasteiger partial charge in [0.25, 0.3) is 0 Å². The second-order valence-corrected chi connectivity index (χ2v) is 3.90. The molecule has 0 aromatic heterocycles. The maximum atomic E-state index is 12.0. The number of nitrogens with zero attached hydrogens (tertiary/aromatic N) is 2. The predicted molar refractivity (Wildman–Crippen MR) is 56.8 cm³/mol. The second-order valence-electron chi connectivity index (χ2n) is 3.90. The molecule has 1 aliphatic rings. The van der Waals surface area contributed by atoms with Crippen molar-refractivity contribution in [1.82, 2.24) is 10.2 Å². The van der Waals surface area contributed by atoms with Crippen molar-refractivity contribution in [2.45, 2.75) is 12.8 Å². The van der Waals surface area contributed by atoms with E-state index in [0.29, 0.717) is 12.8 Å². The van der Waals surface area contributed by atoms with Crippen molar-refractivity contribution in [3.8, 4) is 0 Å². The van der Waals surface area contributed by atoms with Crippen LogP contribution in [0.2, 0.25) is 0 Å². The minimum absolute atomic E-state index is 0.0320. The van der Waals surface area contributed by atoms with E-state index in [2.05, 4.69) is 10.5 Å². The Labute approximate surface area is 93.3 Å². The maximum absolute atomic E-state index is 12.0. The standard InChI is InChI=1S/C9H16N4O3/c1-11-6(14)5-13(2)8(15)9(3-4-9)7(10)12-16/h16H,3-5H2,1-2H3,(H2,10,12)(H,11,14). The highest BCUT2D eigenvalue weighted by molar-refractivity contribution is 6.09. The Morgan fingerprint density at radius 1 is 1.56 bits per heavy atom. The number of carbonyl (C=O) groups excluding carboxylic acids is 2. The fourth-order valence-corrected chi connectivity index (χ4v) is 1.53. The highest BCUT2D eigenvalue weighted by Crippen LogP contribution is 2.47. The van der Waals surface area contributed by atoms with E-state index >= 15 is 0 Å². The molecule has 1 fully saturated rings. The number of oxime groups is 1. The summed E-state index contributed by atoms with van der Waals surface area (Å²) in [7, 11) is 3.01. The fourth-order valence-electron chi connectivity index (χ4n) is 1.53. The van der Waals surface area contributed by atoms with E-state index in [-0.39, 0.29) is 24.2 Å². The highest BCUT2D eigenvalue weighted by Gasteiger charge is 2.55. The van der Waals surface area contributed by atoms with Crippen LogP contribution in [0.3, 0.4) is 0 Å². The molecule has 0 bridgehead atoms. The Morgan fingerprint density at radius 3 is 2.50 bits per heavy atom. The number of nitrogens with one attached hydrogen (secondary N) is 1. The number of amides is 2. The van der Waals surface area contributed by atoms with Gasteiger partial charge in [-0.3, -0.25) is 9.59 Å². The van der Waals surface area contributed by atoms with Crippen LogP contribution in [0.1, 0.15) is 12.8 Å². The summed E-state index contributed by atoms with van der Waals surface area (Å²) in [4.78, 5) is 24.3. The van der Waals surface area contributed by atoms with Crippen LogP contribution in [0, 0.1) is 5.41 Å². The van der Waals surface area contributed by atoms with Gasteiger partial charge in [-0.1, -0.05) is 5.16 Å². The summed E-state index contributed by atoms with van der Waals surface area (Å²) in [6, 6.07) is 0. The molecule has 90 valence electrons. The Balaban J connectivity index is 2.68. The molecule has 1 aliphatic carbocycles.